The number of nitrogens with zero attached hydrogens (tertiary/aromatic N) is 4. The summed E-state index contributed by atoms with van der Waals surface area (Å²) in [6.45, 7) is 5.16. The first-order valence-corrected chi connectivity index (χ1v) is 11.2. The van der Waals surface area contributed by atoms with E-state index in [-0.39, 0.29) is 17.2 Å². The summed E-state index contributed by atoms with van der Waals surface area (Å²) in [4.78, 5) is 23.2. The molecular formula is C23H24N4O2S. The van der Waals surface area contributed by atoms with Crippen LogP contribution in [-0.4, -0.2) is 57.3 Å². The van der Waals surface area contributed by atoms with Crippen molar-refractivity contribution < 1.29 is 9.32 Å². The Balaban J connectivity index is 1.18. The molecule has 2 aliphatic heterocycles. The molecule has 154 valence electrons. The van der Waals surface area contributed by atoms with Gasteiger partial charge in [0, 0.05) is 36.6 Å². The molecule has 7 heteroatoms. The van der Waals surface area contributed by atoms with E-state index in [1.165, 1.54) is 10.5 Å². The van der Waals surface area contributed by atoms with Crippen molar-refractivity contribution >= 4 is 17.7 Å². The second-order valence-electron chi connectivity index (χ2n) is 7.78. The maximum Gasteiger partial charge on any atom is 0.244 e. The van der Waals surface area contributed by atoms with E-state index in [0.717, 1.165) is 38.2 Å². The van der Waals surface area contributed by atoms with Gasteiger partial charge in [-0.3, -0.25) is 9.69 Å². The van der Waals surface area contributed by atoms with Crippen molar-refractivity contribution in [3.05, 3.63) is 66.1 Å². The van der Waals surface area contributed by atoms with Crippen LogP contribution in [0.3, 0.4) is 0 Å². The van der Waals surface area contributed by atoms with Gasteiger partial charge in [-0.25, -0.2) is 0 Å². The molecule has 1 saturated heterocycles. The first-order valence-electron chi connectivity index (χ1n) is 10.4. The summed E-state index contributed by atoms with van der Waals surface area (Å²) in [6.07, 6.45) is 0.834. The Kier molecular flexibility index (Phi) is 5.31. The quantitative estimate of drug-likeness (QED) is 0.642. The van der Waals surface area contributed by atoms with Crippen molar-refractivity contribution in [3.63, 3.8) is 0 Å². The van der Waals surface area contributed by atoms with Gasteiger partial charge in [0.25, 0.3) is 0 Å². The lowest BCUT2D eigenvalue weighted by molar-refractivity contribution is -0.132. The van der Waals surface area contributed by atoms with Crippen LogP contribution in [0.15, 0.2) is 64.0 Å². The molecule has 2 atom stereocenters. The van der Waals surface area contributed by atoms with Gasteiger partial charge in [-0.05, 0) is 25.0 Å². The number of aromatic nitrogens is 2. The number of rotatable bonds is 4. The third-order valence-corrected chi connectivity index (χ3v) is 7.23. The Morgan fingerprint density at radius 3 is 2.57 bits per heavy atom. The Morgan fingerprint density at radius 2 is 1.80 bits per heavy atom. The number of carbonyl (C=O) groups excluding carboxylic acids is 1. The molecule has 1 aromatic heterocycles. The number of thioether (sulfide) groups is 1. The van der Waals surface area contributed by atoms with Gasteiger partial charge in [0.2, 0.25) is 17.6 Å². The molecule has 2 aromatic carbocycles. The van der Waals surface area contributed by atoms with Gasteiger partial charge in [-0.2, -0.15) is 4.98 Å². The maximum atomic E-state index is 13.0. The van der Waals surface area contributed by atoms with E-state index in [4.69, 9.17) is 4.52 Å². The molecule has 6 nitrogen and oxygen atoms in total. The summed E-state index contributed by atoms with van der Waals surface area (Å²) in [7, 11) is 0. The molecule has 0 aliphatic carbocycles. The third kappa shape index (κ3) is 3.75. The molecular weight excluding hydrogens is 396 g/mol. The lowest BCUT2D eigenvalue weighted by atomic mass is 10.1. The number of hydrogen-bond acceptors (Lipinski definition) is 6. The SMILES string of the molecule is CC(c1nc(-c2ccccc2)no1)N1CCN(C(=O)C2Cc3ccccc3S2)CC1. The summed E-state index contributed by atoms with van der Waals surface area (Å²) in [6, 6.07) is 18.2. The normalized spacial score (nSPS) is 20.2. The van der Waals surface area contributed by atoms with Crippen molar-refractivity contribution in [3.8, 4) is 11.4 Å². The van der Waals surface area contributed by atoms with Crippen LogP contribution in [0.2, 0.25) is 0 Å². The Hall–Kier alpha value is -2.64. The summed E-state index contributed by atoms with van der Waals surface area (Å²) in [5.74, 6) is 1.49. The molecule has 2 aliphatic rings. The largest absolute Gasteiger partial charge is 0.339 e. The molecule has 1 fully saturated rings. The summed E-state index contributed by atoms with van der Waals surface area (Å²) >= 11 is 1.70. The highest BCUT2D eigenvalue weighted by molar-refractivity contribution is 8.01. The van der Waals surface area contributed by atoms with Crippen molar-refractivity contribution in [1.29, 1.82) is 0 Å². The summed E-state index contributed by atoms with van der Waals surface area (Å²) in [5, 5.41) is 4.15. The number of carbonyl (C=O) groups is 1. The highest BCUT2D eigenvalue weighted by Crippen LogP contribution is 2.37. The standard InChI is InChI=1S/C23H24N4O2S/c1-16(22-24-21(25-29-22)17-7-3-2-4-8-17)26-11-13-27(14-12-26)23(28)20-15-18-9-5-6-10-19(18)30-20/h2-10,16,20H,11-15H2,1H3. The minimum absolute atomic E-state index is 0.00995. The zero-order valence-electron chi connectivity index (χ0n) is 16.9. The van der Waals surface area contributed by atoms with E-state index >= 15 is 0 Å². The van der Waals surface area contributed by atoms with E-state index < -0.39 is 0 Å². The smallest absolute Gasteiger partial charge is 0.244 e. The molecule has 2 unspecified atom stereocenters. The molecule has 0 saturated carbocycles. The van der Waals surface area contributed by atoms with Gasteiger partial charge in [0.1, 0.15) is 0 Å². The van der Waals surface area contributed by atoms with Crippen molar-refractivity contribution in [2.45, 2.75) is 29.5 Å². The molecule has 1 amide bonds. The zero-order valence-corrected chi connectivity index (χ0v) is 17.7. The molecule has 5 rings (SSSR count). The van der Waals surface area contributed by atoms with Crippen LogP contribution in [0.1, 0.15) is 24.4 Å². The first kappa shape index (κ1) is 19.3. The van der Waals surface area contributed by atoms with E-state index in [2.05, 4.69) is 34.1 Å². The highest BCUT2D eigenvalue weighted by atomic mass is 32.2. The molecule has 3 aromatic rings. The third-order valence-electron chi connectivity index (χ3n) is 5.93. The molecule has 0 radical (unpaired) electrons. The average molecular weight is 421 g/mol. The van der Waals surface area contributed by atoms with Crippen LogP contribution in [-0.2, 0) is 11.2 Å². The van der Waals surface area contributed by atoms with Gasteiger partial charge in [-0.15, -0.1) is 11.8 Å². The molecule has 0 spiro atoms. The first-order chi connectivity index (χ1) is 14.7. The van der Waals surface area contributed by atoms with Gasteiger partial charge in [-0.1, -0.05) is 53.7 Å². The number of benzene rings is 2. The maximum absolute atomic E-state index is 13.0. The summed E-state index contributed by atoms with van der Waals surface area (Å²) < 4.78 is 5.54. The van der Waals surface area contributed by atoms with E-state index in [9.17, 15) is 4.79 Å². The van der Waals surface area contributed by atoms with Crippen molar-refractivity contribution in [2.75, 3.05) is 26.2 Å². The second kappa shape index (κ2) is 8.24. The van der Waals surface area contributed by atoms with Gasteiger partial charge < -0.3 is 9.42 Å². The minimum Gasteiger partial charge on any atom is -0.339 e. The van der Waals surface area contributed by atoms with Crippen LogP contribution in [0.5, 0.6) is 0 Å². The van der Waals surface area contributed by atoms with Gasteiger partial charge in [0.05, 0.1) is 11.3 Å². The minimum atomic E-state index is 0.00995. The molecule has 0 bridgehead atoms. The van der Waals surface area contributed by atoms with Crippen LogP contribution in [0.25, 0.3) is 11.4 Å². The Labute approximate surface area is 180 Å². The number of hydrogen-bond donors (Lipinski definition) is 0. The number of fused-ring (bicyclic) bond motifs is 1. The molecule has 0 N–H and O–H groups in total. The van der Waals surface area contributed by atoms with Crippen LogP contribution < -0.4 is 0 Å². The average Bonchev–Trinajstić information content (AvgIpc) is 3.46. The number of amides is 1. The van der Waals surface area contributed by atoms with E-state index in [0.29, 0.717) is 11.7 Å². The fourth-order valence-electron chi connectivity index (χ4n) is 4.12. The highest BCUT2D eigenvalue weighted by Gasteiger charge is 2.34. The molecule has 30 heavy (non-hydrogen) atoms. The number of piperazine rings is 1. The van der Waals surface area contributed by atoms with Gasteiger partial charge in [0.15, 0.2) is 0 Å². The van der Waals surface area contributed by atoms with Crippen LogP contribution >= 0.6 is 11.8 Å². The summed E-state index contributed by atoms with van der Waals surface area (Å²) in [5.41, 5.74) is 2.24. The lowest BCUT2D eigenvalue weighted by Gasteiger charge is -2.37. The van der Waals surface area contributed by atoms with E-state index in [1.54, 1.807) is 11.8 Å². The topological polar surface area (TPSA) is 62.5 Å². The van der Waals surface area contributed by atoms with Gasteiger partial charge >= 0.3 is 0 Å². The van der Waals surface area contributed by atoms with Crippen molar-refractivity contribution in [1.82, 2.24) is 19.9 Å². The monoisotopic (exact) mass is 420 g/mol. The zero-order chi connectivity index (χ0) is 20.5. The molecule has 3 heterocycles. The fraction of sp³-hybridized carbons (Fsp3) is 0.348. The van der Waals surface area contributed by atoms with Crippen LogP contribution in [0.4, 0.5) is 0 Å². The Bertz CT molecular complexity index is 1010. The predicted molar refractivity (Wildman–Crippen MR) is 116 cm³/mol. The Morgan fingerprint density at radius 1 is 1.07 bits per heavy atom. The predicted octanol–water partition coefficient (Wildman–Crippen LogP) is 3.66. The van der Waals surface area contributed by atoms with E-state index in [1.807, 2.05) is 47.4 Å². The van der Waals surface area contributed by atoms with Crippen LogP contribution in [0, 0.1) is 0 Å². The van der Waals surface area contributed by atoms with Crippen molar-refractivity contribution in [2.24, 2.45) is 0 Å². The second-order valence-corrected chi connectivity index (χ2v) is 9.02. The fourth-order valence-corrected chi connectivity index (χ4v) is 5.40. The lowest BCUT2D eigenvalue weighted by Crippen LogP contribution is -2.51.